The average Bonchev–Trinajstić information content (AvgIpc) is 2.68. The first-order valence-electron chi connectivity index (χ1n) is 7.85. The largest absolute Gasteiger partial charge is 0.495 e. The molecule has 0 saturated carbocycles. The molecule has 0 bridgehead atoms. The maximum atomic E-state index is 12.2. The van der Waals surface area contributed by atoms with Gasteiger partial charge in [-0.1, -0.05) is 23.7 Å². The highest BCUT2D eigenvalue weighted by Crippen LogP contribution is 2.30. The number of benzene rings is 2. The van der Waals surface area contributed by atoms with Gasteiger partial charge in [-0.2, -0.15) is 0 Å². The molecule has 142 valence electrons. The molecule has 0 aromatic heterocycles. The molecule has 1 N–H and O–H groups in total. The summed E-state index contributed by atoms with van der Waals surface area (Å²) >= 11 is 6.02. The first-order valence-corrected chi connectivity index (χ1v) is 8.23. The first kappa shape index (κ1) is 20.3. The standard InChI is InChI=1S/C19H18ClNO6/c1-11-8-15(16(25-2)9-14(11)20)21-17(22)10-27-19(24)13-7-5-4-6-12(13)18(23)26-3/h4-9H,10H2,1-3H3,(H,21,22). The molecule has 0 fully saturated rings. The zero-order valence-electron chi connectivity index (χ0n) is 15.0. The lowest BCUT2D eigenvalue weighted by Gasteiger charge is -2.13. The molecule has 0 radical (unpaired) electrons. The maximum Gasteiger partial charge on any atom is 0.339 e. The molecule has 2 aromatic carbocycles. The minimum Gasteiger partial charge on any atom is -0.495 e. The van der Waals surface area contributed by atoms with Crippen molar-refractivity contribution < 1.29 is 28.6 Å². The second-order valence-corrected chi connectivity index (χ2v) is 5.87. The monoisotopic (exact) mass is 391 g/mol. The van der Waals surface area contributed by atoms with Crippen LogP contribution in [0.5, 0.6) is 5.75 Å². The van der Waals surface area contributed by atoms with Gasteiger partial charge in [0.2, 0.25) is 0 Å². The van der Waals surface area contributed by atoms with E-state index in [9.17, 15) is 14.4 Å². The van der Waals surface area contributed by atoms with Crippen molar-refractivity contribution in [1.29, 1.82) is 0 Å². The fraction of sp³-hybridized carbons (Fsp3) is 0.211. The van der Waals surface area contributed by atoms with Gasteiger partial charge in [-0.25, -0.2) is 9.59 Å². The van der Waals surface area contributed by atoms with Crippen LogP contribution in [0.3, 0.4) is 0 Å². The van der Waals surface area contributed by atoms with E-state index >= 15 is 0 Å². The Balaban J connectivity index is 2.06. The number of carbonyl (C=O) groups is 3. The zero-order chi connectivity index (χ0) is 20.0. The average molecular weight is 392 g/mol. The summed E-state index contributed by atoms with van der Waals surface area (Å²) in [5.74, 6) is -1.68. The van der Waals surface area contributed by atoms with Gasteiger partial charge in [0.15, 0.2) is 6.61 Å². The second kappa shape index (κ2) is 9.05. The van der Waals surface area contributed by atoms with E-state index in [1.165, 1.54) is 26.4 Å². The molecule has 2 aromatic rings. The Morgan fingerprint density at radius 3 is 2.26 bits per heavy atom. The lowest BCUT2D eigenvalue weighted by atomic mass is 10.1. The van der Waals surface area contributed by atoms with Crippen LogP contribution >= 0.6 is 11.6 Å². The minimum atomic E-state index is -0.814. The summed E-state index contributed by atoms with van der Waals surface area (Å²) in [7, 11) is 2.65. The Morgan fingerprint density at radius 1 is 1.04 bits per heavy atom. The molecule has 27 heavy (non-hydrogen) atoms. The van der Waals surface area contributed by atoms with E-state index < -0.39 is 24.5 Å². The fourth-order valence-corrected chi connectivity index (χ4v) is 2.43. The van der Waals surface area contributed by atoms with Gasteiger partial charge in [0.05, 0.1) is 31.0 Å². The van der Waals surface area contributed by atoms with Gasteiger partial charge < -0.3 is 19.5 Å². The molecule has 0 aliphatic carbocycles. The normalized spacial score (nSPS) is 10.1. The Bertz CT molecular complexity index is 880. The van der Waals surface area contributed by atoms with E-state index in [0.717, 1.165) is 5.56 Å². The van der Waals surface area contributed by atoms with Crippen molar-refractivity contribution in [2.75, 3.05) is 26.1 Å². The summed E-state index contributed by atoms with van der Waals surface area (Å²) < 4.78 is 14.8. The summed E-state index contributed by atoms with van der Waals surface area (Å²) in [6.45, 7) is 1.24. The SMILES string of the molecule is COC(=O)c1ccccc1C(=O)OCC(=O)Nc1cc(C)c(Cl)cc1OC. The van der Waals surface area contributed by atoms with E-state index in [1.807, 2.05) is 0 Å². The third-order valence-electron chi connectivity index (χ3n) is 3.64. The zero-order valence-corrected chi connectivity index (χ0v) is 15.8. The van der Waals surface area contributed by atoms with Crippen molar-refractivity contribution in [2.45, 2.75) is 6.92 Å². The van der Waals surface area contributed by atoms with E-state index in [2.05, 4.69) is 10.1 Å². The van der Waals surface area contributed by atoms with Gasteiger partial charge in [-0.3, -0.25) is 4.79 Å². The van der Waals surface area contributed by atoms with E-state index in [4.69, 9.17) is 21.1 Å². The number of esters is 2. The molecule has 0 aliphatic rings. The molecular formula is C19H18ClNO6. The van der Waals surface area contributed by atoms with Gasteiger partial charge in [-0.05, 0) is 30.7 Å². The Labute approximate surface area is 161 Å². The summed E-state index contributed by atoms with van der Waals surface area (Å²) in [6.07, 6.45) is 0. The van der Waals surface area contributed by atoms with Crippen LogP contribution in [0.2, 0.25) is 5.02 Å². The van der Waals surface area contributed by atoms with Crippen LogP contribution in [0.15, 0.2) is 36.4 Å². The van der Waals surface area contributed by atoms with E-state index in [1.54, 1.807) is 31.2 Å². The third-order valence-corrected chi connectivity index (χ3v) is 4.05. The predicted molar refractivity (Wildman–Crippen MR) is 99.4 cm³/mol. The van der Waals surface area contributed by atoms with Crippen LogP contribution in [0.25, 0.3) is 0 Å². The number of aryl methyl sites for hydroxylation is 1. The lowest BCUT2D eigenvalue weighted by molar-refractivity contribution is -0.119. The van der Waals surface area contributed by atoms with Crippen molar-refractivity contribution >= 4 is 35.1 Å². The number of hydrogen-bond donors (Lipinski definition) is 1. The topological polar surface area (TPSA) is 90.9 Å². The smallest absolute Gasteiger partial charge is 0.339 e. The number of rotatable bonds is 6. The van der Waals surface area contributed by atoms with Crippen LogP contribution in [0, 0.1) is 6.92 Å². The van der Waals surface area contributed by atoms with Crippen LogP contribution in [-0.2, 0) is 14.3 Å². The van der Waals surface area contributed by atoms with Crippen molar-refractivity contribution in [2.24, 2.45) is 0 Å². The molecule has 0 saturated heterocycles. The van der Waals surface area contributed by atoms with Gasteiger partial charge in [0, 0.05) is 11.1 Å². The van der Waals surface area contributed by atoms with Crippen molar-refractivity contribution in [3.63, 3.8) is 0 Å². The molecule has 0 aliphatic heterocycles. The number of methoxy groups -OCH3 is 2. The molecule has 0 atom stereocenters. The van der Waals surface area contributed by atoms with Gasteiger partial charge in [0.1, 0.15) is 5.75 Å². The Kier molecular flexibility index (Phi) is 6.79. The van der Waals surface area contributed by atoms with Crippen molar-refractivity contribution in [1.82, 2.24) is 0 Å². The molecule has 0 heterocycles. The van der Waals surface area contributed by atoms with Crippen LogP contribution in [0.4, 0.5) is 5.69 Å². The predicted octanol–water partition coefficient (Wildman–Crippen LogP) is 3.24. The van der Waals surface area contributed by atoms with E-state index in [-0.39, 0.29) is 11.1 Å². The lowest BCUT2D eigenvalue weighted by Crippen LogP contribution is -2.22. The minimum absolute atomic E-state index is 0.0112. The van der Waals surface area contributed by atoms with Crippen molar-refractivity contribution in [3.05, 3.63) is 58.1 Å². The second-order valence-electron chi connectivity index (χ2n) is 5.46. The summed E-state index contributed by atoms with van der Waals surface area (Å²) in [6, 6.07) is 9.23. The highest BCUT2D eigenvalue weighted by atomic mass is 35.5. The molecule has 8 heteroatoms. The highest BCUT2D eigenvalue weighted by Gasteiger charge is 2.19. The number of amides is 1. The van der Waals surface area contributed by atoms with Gasteiger partial charge >= 0.3 is 11.9 Å². The molecule has 0 unspecified atom stereocenters. The molecule has 2 rings (SSSR count). The molecule has 0 spiro atoms. The highest BCUT2D eigenvalue weighted by molar-refractivity contribution is 6.31. The van der Waals surface area contributed by atoms with Crippen LogP contribution < -0.4 is 10.1 Å². The summed E-state index contributed by atoms with van der Waals surface area (Å²) in [4.78, 5) is 36.0. The number of carbonyl (C=O) groups excluding carboxylic acids is 3. The Morgan fingerprint density at radius 2 is 1.67 bits per heavy atom. The fourth-order valence-electron chi connectivity index (χ4n) is 2.27. The quantitative estimate of drug-likeness (QED) is 0.760. The first-order chi connectivity index (χ1) is 12.9. The number of hydrogen-bond acceptors (Lipinski definition) is 6. The van der Waals surface area contributed by atoms with Gasteiger partial charge in [0.25, 0.3) is 5.91 Å². The Hall–Kier alpha value is -3.06. The number of ether oxygens (including phenoxy) is 3. The number of nitrogens with one attached hydrogen (secondary N) is 1. The summed E-state index contributed by atoms with van der Waals surface area (Å²) in [5.41, 5.74) is 1.21. The van der Waals surface area contributed by atoms with Gasteiger partial charge in [-0.15, -0.1) is 0 Å². The molecular weight excluding hydrogens is 374 g/mol. The third kappa shape index (κ3) is 4.98. The van der Waals surface area contributed by atoms with Crippen LogP contribution in [0.1, 0.15) is 26.3 Å². The van der Waals surface area contributed by atoms with Crippen molar-refractivity contribution in [3.8, 4) is 5.75 Å². The molecule has 7 nitrogen and oxygen atoms in total. The number of anilines is 1. The van der Waals surface area contributed by atoms with Crippen LogP contribution in [-0.4, -0.2) is 38.7 Å². The maximum absolute atomic E-state index is 12.2. The summed E-state index contributed by atoms with van der Waals surface area (Å²) in [5, 5.41) is 3.09. The van der Waals surface area contributed by atoms with E-state index in [0.29, 0.717) is 16.5 Å². The molecule has 1 amide bonds. The number of halogens is 1.